The molecular weight excluding hydrogens is 282 g/mol. The third-order valence-electron chi connectivity index (χ3n) is 3.88. The third-order valence-corrected chi connectivity index (χ3v) is 3.88. The van der Waals surface area contributed by atoms with Crippen LogP contribution in [0.5, 0.6) is 5.75 Å². The van der Waals surface area contributed by atoms with Crippen LogP contribution in [0.15, 0.2) is 24.5 Å². The van der Waals surface area contributed by atoms with Gasteiger partial charge in [0.25, 0.3) is 0 Å². The first-order chi connectivity index (χ1) is 10.4. The number of carboxylic acids is 1. The average Bonchev–Trinajstić information content (AvgIpc) is 2.44. The van der Waals surface area contributed by atoms with E-state index in [-0.39, 0.29) is 12.0 Å². The Morgan fingerprint density at radius 1 is 1.41 bits per heavy atom. The third kappa shape index (κ3) is 2.36. The highest BCUT2D eigenvalue weighted by Gasteiger charge is 2.34. The number of aliphatic carboxylic acids is 1. The number of ether oxygens (including phenoxy) is 1. The van der Waals surface area contributed by atoms with Crippen LogP contribution in [0.4, 0.5) is 5.82 Å². The van der Waals surface area contributed by atoms with Gasteiger partial charge < -0.3 is 15.6 Å². The molecule has 0 bridgehead atoms. The van der Waals surface area contributed by atoms with E-state index in [1.165, 1.54) is 6.33 Å². The number of fused-ring (bicyclic) bond motifs is 3. The zero-order chi connectivity index (χ0) is 15.9. The van der Waals surface area contributed by atoms with E-state index < -0.39 is 5.97 Å². The molecule has 1 aromatic heterocycles. The van der Waals surface area contributed by atoms with Crippen molar-refractivity contribution < 1.29 is 14.6 Å². The van der Waals surface area contributed by atoms with Gasteiger partial charge in [0.05, 0.1) is 5.69 Å². The molecule has 0 unspecified atom stereocenters. The van der Waals surface area contributed by atoms with Crippen LogP contribution in [0.1, 0.15) is 25.0 Å². The molecule has 22 heavy (non-hydrogen) atoms. The Morgan fingerprint density at radius 2 is 2.18 bits per heavy atom. The lowest BCUT2D eigenvalue weighted by molar-refractivity contribution is -0.139. The normalized spacial score (nSPS) is 14.8. The number of anilines is 1. The van der Waals surface area contributed by atoms with Gasteiger partial charge in [-0.2, -0.15) is 0 Å². The monoisotopic (exact) mass is 299 g/mol. The number of benzene rings is 1. The first kappa shape index (κ1) is 14.3. The Morgan fingerprint density at radius 3 is 2.91 bits per heavy atom. The smallest absolute Gasteiger partial charge is 0.341 e. The van der Waals surface area contributed by atoms with Crippen molar-refractivity contribution in [2.75, 3.05) is 12.3 Å². The van der Waals surface area contributed by atoms with Crippen molar-refractivity contribution in [3.05, 3.63) is 35.7 Å². The summed E-state index contributed by atoms with van der Waals surface area (Å²) in [6.07, 6.45) is 2.23. The van der Waals surface area contributed by atoms with Gasteiger partial charge in [0.1, 0.15) is 17.9 Å². The van der Waals surface area contributed by atoms with Crippen molar-refractivity contribution in [3.63, 3.8) is 0 Å². The number of rotatable bonds is 3. The van der Waals surface area contributed by atoms with E-state index in [2.05, 4.69) is 23.8 Å². The molecule has 3 rings (SSSR count). The largest absolute Gasteiger partial charge is 0.482 e. The topological polar surface area (TPSA) is 98.3 Å². The zero-order valence-corrected chi connectivity index (χ0v) is 12.5. The fraction of sp³-hybridized carbons (Fsp3) is 0.312. The summed E-state index contributed by atoms with van der Waals surface area (Å²) in [6.45, 7) is 3.84. The number of nitrogens with two attached hydrogens (primary N) is 1. The lowest BCUT2D eigenvalue weighted by Gasteiger charge is -2.33. The molecule has 6 heteroatoms. The predicted molar refractivity (Wildman–Crippen MR) is 81.7 cm³/mol. The maximum absolute atomic E-state index is 10.6. The lowest BCUT2D eigenvalue weighted by atomic mass is 9.72. The van der Waals surface area contributed by atoms with E-state index in [0.29, 0.717) is 11.6 Å². The van der Waals surface area contributed by atoms with Crippen LogP contribution in [0, 0.1) is 0 Å². The Bertz CT molecular complexity index is 756. The maximum atomic E-state index is 10.6. The molecule has 0 atom stereocenters. The summed E-state index contributed by atoms with van der Waals surface area (Å²) in [6, 6.07) is 5.52. The molecular formula is C16H17N3O3. The van der Waals surface area contributed by atoms with E-state index in [4.69, 9.17) is 15.6 Å². The Balaban J connectivity index is 2.07. The molecule has 1 aliphatic carbocycles. The number of nitrogen functional groups attached to an aromatic ring is 1. The van der Waals surface area contributed by atoms with Gasteiger partial charge >= 0.3 is 5.97 Å². The minimum atomic E-state index is -0.996. The molecule has 1 aliphatic rings. The van der Waals surface area contributed by atoms with E-state index in [1.807, 2.05) is 12.1 Å². The fourth-order valence-electron chi connectivity index (χ4n) is 3.02. The van der Waals surface area contributed by atoms with E-state index in [1.54, 1.807) is 6.07 Å². The number of nitrogens with zero attached hydrogens (tertiary/aromatic N) is 2. The fourth-order valence-corrected chi connectivity index (χ4v) is 3.02. The Kier molecular flexibility index (Phi) is 3.24. The van der Waals surface area contributed by atoms with Crippen molar-refractivity contribution in [1.29, 1.82) is 0 Å². The molecule has 114 valence electrons. The van der Waals surface area contributed by atoms with Gasteiger partial charge in [-0.3, -0.25) is 0 Å². The molecule has 1 heterocycles. The van der Waals surface area contributed by atoms with Crippen LogP contribution in [0.25, 0.3) is 11.3 Å². The number of carbonyl (C=O) groups is 1. The quantitative estimate of drug-likeness (QED) is 0.899. The van der Waals surface area contributed by atoms with Crippen LogP contribution in [0.2, 0.25) is 0 Å². The van der Waals surface area contributed by atoms with Crippen molar-refractivity contribution in [1.82, 2.24) is 9.97 Å². The summed E-state index contributed by atoms with van der Waals surface area (Å²) in [5.74, 6) is 0.0539. The van der Waals surface area contributed by atoms with Gasteiger partial charge in [0, 0.05) is 11.1 Å². The van der Waals surface area contributed by atoms with Gasteiger partial charge in [0.15, 0.2) is 6.61 Å². The number of hydrogen-bond acceptors (Lipinski definition) is 5. The molecule has 0 saturated carbocycles. The summed E-state index contributed by atoms with van der Waals surface area (Å²) < 4.78 is 5.26. The standard InChI is InChI=1S/C16H17N3O3/c1-16(2)6-9-5-10(22-7-12(20)21)3-4-11(9)14-13(16)15(17)19-8-18-14/h3-5,8H,6-7H2,1-2H3,(H,20,21)(H2,17,18,19). The Hall–Kier alpha value is -2.63. The highest BCUT2D eigenvalue weighted by molar-refractivity contribution is 5.76. The molecule has 2 aromatic rings. The summed E-state index contributed by atoms with van der Waals surface area (Å²) >= 11 is 0. The van der Waals surface area contributed by atoms with Crippen LogP contribution in [0.3, 0.4) is 0 Å². The van der Waals surface area contributed by atoms with Crippen LogP contribution in [-0.2, 0) is 16.6 Å². The predicted octanol–water partition coefficient (Wildman–Crippen LogP) is 2.02. The molecule has 0 saturated heterocycles. The average molecular weight is 299 g/mol. The molecule has 0 spiro atoms. The second-order valence-corrected chi connectivity index (χ2v) is 6.04. The zero-order valence-electron chi connectivity index (χ0n) is 12.5. The molecule has 6 nitrogen and oxygen atoms in total. The number of hydrogen-bond donors (Lipinski definition) is 2. The van der Waals surface area contributed by atoms with Crippen molar-refractivity contribution in [2.45, 2.75) is 25.7 Å². The van der Waals surface area contributed by atoms with E-state index in [9.17, 15) is 4.79 Å². The second kappa shape index (κ2) is 4.98. The molecule has 0 amide bonds. The van der Waals surface area contributed by atoms with Gasteiger partial charge in [0.2, 0.25) is 0 Å². The highest BCUT2D eigenvalue weighted by Crippen LogP contribution is 2.44. The molecule has 0 aliphatic heterocycles. The number of carboxylic acid groups (broad SMARTS) is 1. The molecule has 3 N–H and O–H groups in total. The minimum absolute atomic E-state index is 0.195. The first-order valence-corrected chi connectivity index (χ1v) is 6.97. The van der Waals surface area contributed by atoms with Crippen molar-refractivity contribution >= 4 is 11.8 Å². The SMILES string of the molecule is CC1(C)Cc2cc(OCC(=O)O)ccc2-c2ncnc(N)c21. The van der Waals surface area contributed by atoms with Crippen molar-refractivity contribution in [2.24, 2.45) is 0 Å². The minimum Gasteiger partial charge on any atom is -0.482 e. The molecule has 0 radical (unpaired) electrons. The van der Waals surface area contributed by atoms with Gasteiger partial charge in [-0.25, -0.2) is 14.8 Å². The maximum Gasteiger partial charge on any atom is 0.341 e. The summed E-state index contributed by atoms with van der Waals surface area (Å²) in [7, 11) is 0. The lowest BCUT2D eigenvalue weighted by Crippen LogP contribution is -2.28. The number of aromatic nitrogens is 2. The van der Waals surface area contributed by atoms with Gasteiger partial charge in [-0.1, -0.05) is 13.8 Å². The summed E-state index contributed by atoms with van der Waals surface area (Å²) in [5, 5.41) is 8.70. The van der Waals surface area contributed by atoms with Gasteiger partial charge in [-0.15, -0.1) is 0 Å². The van der Waals surface area contributed by atoms with Crippen LogP contribution in [-0.4, -0.2) is 27.7 Å². The Labute approximate surface area is 128 Å². The van der Waals surface area contributed by atoms with Crippen molar-refractivity contribution in [3.8, 4) is 17.0 Å². The van der Waals surface area contributed by atoms with Crippen LogP contribution >= 0.6 is 0 Å². The second-order valence-electron chi connectivity index (χ2n) is 6.04. The molecule has 1 aromatic carbocycles. The summed E-state index contributed by atoms with van der Waals surface area (Å²) in [5.41, 5.74) is 9.70. The molecule has 0 fully saturated rings. The van der Waals surface area contributed by atoms with Gasteiger partial charge in [-0.05, 0) is 35.6 Å². The first-order valence-electron chi connectivity index (χ1n) is 6.97. The van der Waals surface area contributed by atoms with E-state index in [0.717, 1.165) is 28.8 Å². The van der Waals surface area contributed by atoms with E-state index >= 15 is 0 Å². The summed E-state index contributed by atoms with van der Waals surface area (Å²) in [4.78, 5) is 19.1. The van der Waals surface area contributed by atoms with Crippen LogP contribution < -0.4 is 10.5 Å². The highest BCUT2D eigenvalue weighted by atomic mass is 16.5.